The maximum Gasteiger partial charge on any atom is 0.0909 e. The van der Waals surface area contributed by atoms with Crippen LogP contribution in [0.4, 0.5) is 5.69 Å². The Morgan fingerprint density at radius 2 is 1.97 bits per heavy atom. The molecule has 0 atom stereocenters. The van der Waals surface area contributed by atoms with Crippen LogP contribution in [0.3, 0.4) is 0 Å². The minimum Gasteiger partial charge on any atom is -0.366 e. The molecule has 0 fully saturated rings. The van der Waals surface area contributed by atoms with Gasteiger partial charge in [0.25, 0.3) is 0 Å². The third-order valence-corrected chi connectivity index (χ3v) is 4.81. The molecule has 0 saturated heterocycles. The molecule has 6 heteroatoms. The summed E-state index contributed by atoms with van der Waals surface area (Å²) in [7, 11) is 2.02. The second-order valence-electron chi connectivity index (χ2n) is 6.35. The predicted molar refractivity (Wildman–Crippen MR) is 139 cm³/mol. The molecular formula is C24H37N5S. The first kappa shape index (κ1) is 27.5. The molecule has 0 aromatic heterocycles. The van der Waals surface area contributed by atoms with Crippen LogP contribution in [0.25, 0.3) is 0 Å². The Kier molecular flexibility index (Phi) is 16.0. The van der Waals surface area contributed by atoms with E-state index in [0.29, 0.717) is 6.54 Å². The zero-order valence-corrected chi connectivity index (χ0v) is 20.2. The van der Waals surface area contributed by atoms with E-state index in [1.54, 1.807) is 24.2 Å². The number of rotatable bonds is 12. The lowest BCUT2D eigenvalue weighted by Gasteiger charge is -2.09. The average Bonchev–Trinajstić information content (AvgIpc) is 2.76. The fourth-order valence-corrected chi connectivity index (χ4v) is 2.99. The van der Waals surface area contributed by atoms with Crippen LogP contribution in [0.2, 0.25) is 0 Å². The summed E-state index contributed by atoms with van der Waals surface area (Å²) in [6.07, 6.45) is 6.30. The standard InChI is InChI=1S/C22H31N5S.C2H6/c1-7-27(6)17-26-22-9-8-20(12-19(22)3)10-11-28-16-21(24-5)15-25-14-18(2)13-23-4;1-2/h8-9,12-14,16-17H,4-5,7,10-11,15H2,1-3,6H3;1-2H3/b18-13-,21-16-,25-14?,26-17?;. The van der Waals surface area contributed by atoms with Crippen molar-refractivity contribution in [2.75, 3.05) is 25.9 Å². The van der Waals surface area contributed by atoms with Crippen molar-refractivity contribution in [2.24, 2.45) is 20.0 Å². The maximum atomic E-state index is 4.54. The predicted octanol–water partition coefficient (Wildman–Crippen LogP) is 6.13. The molecule has 0 N–H and O–H groups in total. The second kappa shape index (κ2) is 17.4. The molecule has 0 radical (unpaired) electrons. The molecule has 0 spiro atoms. The van der Waals surface area contributed by atoms with E-state index < -0.39 is 0 Å². The molecule has 30 heavy (non-hydrogen) atoms. The molecule has 164 valence electrons. The normalized spacial score (nSPS) is 12.1. The summed E-state index contributed by atoms with van der Waals surface area (Å²) in [5, 5.41) is 2.03. The molecule has 0 amide bonds. The van der Waals surface area contributed by atoms with Crippen molar-refractivity contribution in [1.29, 1.82) is 0 Å². The smallest absolute Gasteiger partial charge is 0.0909 e. The van der Waals surface area contributed by atoms with Crippen LogP contribution in [0.1, 0.15) is 38.8 Å². The Labute approximate surface area is 187 Å². The third-order valence-electron chi connectivity index (χ3n) is 3.93. The van der Waals surface area contributed by atoms with Crippen LogP contribution in [0.5, 0.6) is 0 Å². The minimum atomic E-state index is 0.511. The molecule has 0 aliphatic rings. The molecule has 1 aromatic rings. The van der Waals surface area contributed by atoms with Crippen LogP contribution in [0.15, 0.2) is 61.0 Å². The van der Waals surface area contributed by atoms with Crippen LogP contribution in [0, 0.1) is 6.92 Å². The van der Waals surface area contributed by atoms with Gasteiger partial charge >= 0.3 is 0 Å². The van der Waals surface area contributed by atoms with Crippen molar-refractivity contribution >= 4 is 43.4 Å². The summed E-state index contributed by atoms with van der Waals surface area (Å²) in [5.41, 5.74) is 5.34. The number of allylic oxidation sites excluding steroid dienone is 1. The topological polar surface area (TPSA) is 52.7 Å². The highest BCUT2D eigenvalue weighted by Gasteiger charge is 2.00. The molecule has 1 rings (SSSR count). The van der Waals surface area contributed by atoms with Gasteiger partial charge in [0, 0.05) is 31.8 Å². The summed E-state index contributed by atoms with van der Waals surface area (Å²) in [4.78, 5) is 18.7. The lowest BCUT2D eigenvalue weighted by molar-refractivity contribution is 0.552. The number of hydrogen-bond donors (Lipinski definition) is 0. The lowest BCUT2D eigenvalue weighted by Crippen LogP contribution is -2.14. The van der Waals surface area contributed by atoms with Gasteiger partial charge in [-0.3, -0.25) is 15.0 Å². The summed E-state index contributed by atoms with van der Waals surface area (Å²) < 4.78 is 0. The summed E-state index contributed by atoms with van der Waals surface area (Å²) in [5.74, 6) is 0.975. The van der Waals surface area contributed by atoms with Gasteiger partial charge in [-0.1, -0.05) is 26.0 Å². The van der Waals surface area contributed by atoms with E-state index in [9.17, 15) is 0 Å². The molecule has 1 aromatic carbocycles. The van der Waals surface area contributed by atoms with Crippen LogP contribution < -0.4 is 0 Å². The molecule has 0 aliphatic carbocycles. The Bertz CT molecular complexity index is 763. The molecule has 0 saturated carbocycles. The van der Waals surface area contributed by atoms with Gasteiger partial charge in [0.1, 0.15) is 0 Å². The largest absolute Gasteiger partial charge is 0.366 e. The number of benzene rings is 1. The van der Waals surface area contributed by atoms with Crippen LogP contribution in [-0.4, -0.2) is 56.8 Å². The maximum absolute atomic E-state index is 4.54. The Balaban J connectivity index is 0.00000407. The number of aliphatic imine (C=N–C) groups is 4. The van der Waals surface area contributed by atoms with Gasteiger partial charge in [-0.2, -0.15) is 0 Å². The fourth-order valence-electron chi connectivity index (χ4n) is 2.18. The first-order chi connectivity index (χ1) is 14.5. The van der Waals surface area contributed by atoms with Gasteiger partial charge < -0.3 is 4.90 Å². The monoisotopic (exact) mass is 427 g/mol. The van der Waals surface area contributed by atoms with E-state index in [1.165, 1.54) is 11.1 Å². The van der Waals surface area contributed by atoms with Crippen LogP contribution in [-0.2, 0) is 6.42 Å². The quantitative estimate of drug-likeness (QED) is 0.229. The van der Waals surface area contributed by atoms with Gasteiger partial charge in [0.2, 0.25) is 0 Å². The van der Waals surface area contributed by atoms with Gasteiger partial charge in [-0.25, -0.2) is 4.99 Å². The summed E-state index contributed by atoms with van der Waals surface area (Å²) >= 11 is 1.73. The van der Waals surface area contributed by atoms with Crippen molar-refractivity contribution in [3.63, 3.8) is 0 Å². The summed E-state index contributed by atoms with van der Waals surface area (Å²) in [6, 6.07) is 6.45. The SMILES string of the molecule is C=N/C=C(/C)C=NC/C(=C/SCCc1ccc(N=CN(C)CC)c(C)c1)N=C.CC. The molecule has 0 heterocycles. The highest BCUT2D eigenvalue weighted by molar-refractivity contribution is 8.02. The number of nitrogens with zero attached hydrogens (tertiary/aromatic N) is 5. The molecule has 5 nitrogen and oxygen atoms in total. The van der Waals surface area contributed by atoms with Crippen molar-refractivity contribution in [1.82, 2.24) is 4.90 Å². The Hall–Kier alpha value is -2.47. The summed E-state index contributed by atoms with van der Waals surface area (Å²) in [6.45, 7) is 18.6. The zero-order valence-electron chi connectivity index (χ0n) is 19.4. The van der Waals surface area contributed by atoms with Gasteiger partial charge in [-0.05, 0) is 68.8 Å². The van der Waals surface area contributed by atoms with E-state index in [-0.39, 0.29) is 0 Å². The fraction of sp³-hybridized carbons (Fsp3) is 0.417. The first-order valence-corrected chi connectivity index (χ1v) is 11.3. The zero-order chi connectivity index (χ0) is 22.8. The second-order valence-corrected chi connectivity index (χ2v) is 7.33. The van der Waals surface area contributed by atoms with E-state index in [4.69, 9.17) is 0 Å². The first-order valence-electron chi connectivity index (χ1n) is 10.2. The molecular weight excluding hydrogens is 390 g/mol. The van der Waals surface area contributed by atoms with Crippen LogP contribution >= 0.6 is 11.8 Å². The van der Waals surface area contributed by atoms with Gasteiger partial charge in [0.05, 0.1) is 24.3 Å². The van der Waals surface area contributed by atoms with E-state index in [0.717, 1.165) is 35.7 Å². The number of thioether (sulfide) groups is 1. The minimum absolute atomic E-state index is 0.511. The van der Waals surface area contributed by atoms with E-state index in [1.807, 2.05) is 39.6 Å². The van der Waals surface area contributed by atoms with E-state index >= 15 is 0 Å². The lowest BCUT2D eigenvalue weighted by atomic mass is 10.1. The van der Waals surface area contributed by atoms with Crippen molar-refractivity contribution < 1.29 is 0 Å². The molecule has 0 aliphatic heterocycles. The molecule has 0 bridgehead atoms. The van der Waals surface area contributed by atoms with Crippen molar-refractivity contribution in [2.45, 2.75) is 41.0 Å². The Morgan fingerprint density at radius 1 is 1.23 bits per heavy atom. The van der Waals surface area contributed by atoms with Gasteiger partial charge in [0.15, 0.2) is 0 Å². The van der Waals surface area contributed by atoms with Gasteiger partial charge in [-0.15, -0.1) is 11.8 Å². The van der Waals surface area contributed by atoms with Crippen molar-refractivity contribution in [3.8, 4) is 0 Å². The number of hydrogen-bond acceptors (Lipinski definition) is 5. The third kappa shape index (κ3) is 12.2. The highest BCUT2D eigenvalue weighted by Crippen LogP contribution is 2.21. The Morgan fingerprint density at radius 3 is 2.57 bits per heavy atom. The number of aryl methyl sites for hydroxylation is 2. The molecule has 0 unspecified atom stereocenters. The average molecular weight is 428 g/mol. The highest BCUT2D eigenvalue weighted by atomic mass is 32.2. The van der Waals surface area contributed by atoms with Crippen molar-refractivity contribution in [3.05, 3.63) is 52.2 Å². The van der Waals surface area contributed by atoms with E-state index in [2.05, 4.69) is 70.4 Å².